The molecule has 0 heterocycles. The third-order valence-electron chi connectivity index (χ3n) is 2.03. The van der Waals surface area contributed by atoms with Gasteiger partial charge in [0, 0.05) is 12.0 Å². The van der Waals surface area contributed by atoms with Crippen LogP contribution in [0.2, 0.25) is 0 Å². The highest BCUT2D eigenvalue weighted by Crippen LogP contribution is 2.09. The van der Waals surface area contributed by atoms with Gasteiger partial charge in [0.25, 0.3) is 0 Å². The smallest absolute Gasteiger partial charge is 0.303 e. The topological polar surface area (TPSA) is 54.4 Å². The zero-order valence-corrected chi connectivity index (χ0v) is 8.77. The van der Waals surface area contributed by atoms with Gasteiger partial charge in [0.05, 0.1) is 6.42 Å². The van der Waals surface area contributed by atoms with E-state index in [1.807, 2.05) is 24.3 Å². The number of carbonyl (C=O) groups is 2. The zero-order chi connectivity index (χ0) is 11.8. The van der Waals surface area contributed by atoms with Crippen LogP contribution in [0.15, 0.2) is 24.3 Å². The molecule has 0 aliphatic rings. The first-order valence-electron chi connectivity index (χ1n) is 4.96. The van der Waals surface area contributed by atoms with Crippen LogP contribution in [0.4, 0.5) is 0 Å². The number of carboxylic acids is 1. The van der Waals surface area contributed by atoms with Gasteiger partial charge in [-0.05, 0) is 18.1 Å². The first-order chi connectivity index (χ1) is 7.74. The molecule has 3 heteroatoms. The van der Waals surface area contributed by atoms with Gasteiger partial charge in [-0.2, -0.15) is 0 Å². The number of aldehydes is 1. The second-order valence-electron chi connectivity index (χ2n) is 3.22. The maximum atomic E-state index is 10.5. The minimum absolute atomic E-state index is 0.0897. The fraction of sp³-hybridized carbons (Fsp3) is 0.231. The summed E-state index contributed by atoms with van der Waals surface area (Å²) >= 11 is 0. The van der Waals surface area contributed by atoms with Crippen molar-refractivity contribution in [3.8, 4) is 11.8 Å². The predicted molar refractivity (Wildman–Crippen MR) is 60.0 cm³/mol. The molecule has 0 unspecified atom stereocenters. The fourth-order valence-electron chi connectivity index (χ4n) is 1.29. The van der Waals surface area contributed by atoms with Gasteiger partial charge in [-0.25, -0.2) is 0 Å². The summed E-state index contributed by atoms with van der Waals surface area (Å²) in [5.41, 5.74) is 1.70. The summed E-state index contributed by atoms with van der Waals surface area (Å²) in [4.78, 5) is 20.6. The lowest BCUT2D eigenvalue weighted by atomic mass is 10.0. The first kappa shape index (κ1) is 12.0. The van der Waals surface area contributed by atoms with Crippen LogP contribution in [0.5, 0.6) is 0 Å². The molecule has 3 nitrogen and oxygen atoms in total. The molecule has 0 saturated heterocycles. The molecule has 0 bridgehead atoms. The number of aryl methyl sites for hydroxylation is 1. The molecular weight excluding hydrogens is 204 g/mol. The summed E-state index contributed by atoms with van der Waals surface area (Å²) < 4.78 is 0. The van der Waals surface area contributed by atoms with Crippen molar-refractivity contribution >= 4 is 12.3 Å². The molecule has 16 heavy (non-hydrogen) atoms. The van der Waals surface area contributed by atoms with Crippen molar-refractivity contribution in [3.63, 3.8) is 0 Å². The molecule has 0 aliphatic heterocycles. The van der Waals surface area contributed by atoms with Gasteiger partial charge >= 0.3 is 5.97 Å². The van der Waals surface area contributed by atoms with Crippen molar-refractivity contribution in [2.45, 2.75) is 19.3 Å². The number of hydrogen-bond donors (Lipinski definition) is 1. The highest BCUT2D eigenvalue weighted by atomic mass is 16.4. The fourth-order valence-corrected chi connectivity index (χ4v) is 1.29. The Balaban J connectivity index is 2.80. The van der Waals surface area contributed by atoms with Crippen LogP contribution in [0.3, 0.4) is 0 Å². The number of aliphatic carboxylic acids is 1. The molecule has 0 saturated carbocycles. The molecular formula is C13H12O3. The Hall–Kier alpha value is -2.08. The average molecular weight is 216 g/mol. The number of benzene rings is 1. The molecule has 0 radical (unpaired) electrons. The largest absolute Gasteiger partial charge is 0.481 e. The van der Waals surface area contributed by atoms with E-state index in [1.165, 1.54) is 0 Å². The molecule has 0 aliphatic carbocycles. The Kier molecular flexibility index (Phi) is 4.81. The van der Waals surface area contributed by atoms with Gasteiger partial charge in [0.15, 0.2) is 0 Å². The van der Waals surface area contributed by atoms with Crippen LogP contribution in [0.1, 0.15) is 24.0 Å². The summed E-state index contributed by atoms with van der Waals surface area (Å²) in [5.74, 6) is 4.75. The van der Waals surface area contributed by atoms with E-state index in [-0.39, 0.29) is 12.8 Å². The van der Waals surface area contributed by atoms with E-state index < -0.39 is 5.97 Å². The van der Waals surface area contributed by atoms with Crippen LogP contribution in [0, 0.1) is 11.8 Å². The van der Waals surface area contributed by atoms with Crippen molar-refractivity contribution in [2.75, 3.05) is 0 Å². The Morgan fingerprint density at radius 3 is 2.81 bits per heavy atom. The normalized spacial score (nSPS) is 9.00. The van der Waals surface area contributed by atoms with Gasteiger partial charge in [0.2, 0.25) is 0 Å². The highest BCUT2D eigenvalue weighted by Gasteiger charge is 2.02. The van der Waals surface area contributed by atoms with Crippen LogP contribution < -0.4 is 0 Å². The second kappa shape index (κ2) is 6.41. The lowest BCUT2D eigenvalue weighted by molar-refractivity contribution is -0.136. The highest BCUT2D eigenvalue weighted by molar-refractivity contribution is 5.67. The molecule has 0 fully saturated rings. The Bertz CT molecular complexity index is 438. The predicted octanol–water partition coefficient (Wildman–Crippen LogP) is 1.64. The van der Waals surface area contributed by atoms with Gasteiger partial charge in [-0.15, -0.1) is 0 Å². The Labute approximate surface area is 94.1 Å². The number of rotatable bonds is 4. The molecule has 1 rings (SSSR count). The van der Waals surface area contributed by atoms with Crippen molar-refractivity contribution < 1.29 is 14.7 Å². The quantitative estimate of drug-likeness (QED) is 0.615. The van der Waals surface area contributed by atoms with E-state index >= 15 is 0 Å². The van der Waals surface area contributed by atoms with Crippen LogP contribution in [0.25, 0.3) is 0 Å². The summed E-state index contributed by atoms with van der Waals surface area (Å²) in [6.07, 6.45) is 1.49. The van der Waals surface area contributed by atoms with E-state index in [0.29, 0.717) is 6.42 Å². The van der Waals surface area contributed by atoms with Crippen molar-refractivity contribution in [3.05, 3.63) is 35.4 Å². The number of carboxylic acid groups (broad SMARTS) is 1. The van der Waals surface area contributed by atoms with E-state index in [2.05, 4.69) is 11.8 Å². The molecule has 0 amide bonds. The van der Waals surface area contributed by atoms with E-state index in [0.717, 1.165) is 17.4 Å². The summed E-state index contributed by atoms with van der Waals surface area (Å²) in [7, 11) is 0. The lowest BCUT2D eigenvalue weighted by Gasteiger charge is -2.01. The number of carbonyl (C=O) groups excluding carboxylic acids is 1. The van der Waals surface area contributed by atoms with Crippen LogP contribution >= 0.6 is 0 Å². The summed E-state index contributed by atoms with van der Waals surface area (Å²) in [6.45, 7) is 0. The molecule has 0 aromatic heterocycles. The van der Waals surface area contributed by atoms with Gasteiger partial charge in [0.1, 0.15) is 6.29 Å². The molecule has 1 N–H and O–H groups in total. The standard InChI is InChI=1S/C13H12O3/c14-10-4-3-7-11-5-1-2-6-12(11)8-9-13(15)16/h1-2,5-6,10H,4,8-9H2,(H,15,16). The molecule has 1 aromatic rings. The van der Waals surface area contributed by atoms with Crippen molar-refractivity contribution in [1.29, 1.82) is 0 Å². The lowest BCUT2D eigenvalue weighted by Crippen LogP contribution is -1.99. The Morgan fingerprint density at radius 2 is 2.12 bits per heavy atom. The van der Waals surface area contributed by atoms with Crippen LogP contribution in [-0.2, 0) is 16.0 Å². The average Bonchev–Trinajstić information content (AvgIpc) is 2.28. The monoisotopic (exact) mass is 216 g/mol. The van der Waals surface area contributed by atoms with Gasteiger partial charge in [-0.1, -0.05) is 30.0 Å². The van der Waals surface area contributed by atoms with E-state index in [9.17, 15) is 9.59 Å². The van der Waals surface area contributed by atoms with Gasteiger partial charge in [-0.3, -0.25) is 4.79 Å². The van der Waals surface area contributed by atoms with Crippen LogP contribution in [-0.4, -0.2) is 17.4 Å². The van der Waals surface area contributed by atoms with Crippen molar-refractivity contribution in [2.24, 2.45) is 0 Å². The maximum absolute atomic E-state index is 10.5. The van der Waals surface area contributed by atoms with Crippen molar-refractivity contribution in [1.82, 2.24) is 0 Å². The Morgan fingerprint density at radius 1 is 1.38 bits per heavy atom. The summed E-state index contributed by atoms with van der Waals surface area (Å²) in [6, 6.07) is 7.38. The molecule has 82 valence electrons. The third-order valence-corrected chi connectivity index (χ3v) is 2.03. The number of hydrogen-bond acceptors (Lipinski definition) is 2. The third kappa shape index (κ3) is 3.97. The molecule has 0 spiro atoms. The molecule has 1 aromatic carbocycles. The minimum Gasteiger partial charge on any atom is -0.481 e. The minimum atomic E-state index is -0.823. The van der Waals surface area contributed by atoms with E-state index in [1.54, 1.807) is 0 Å². The van der Waals surface area contributed by atoms with Gasteiger partial charge < -0.3 is 9.90 Å². The SMILES string of the molecule is O=CCC#Cc1ccccc1CCC(=O)O. The molecule has 0 atom stereocenters. The first-order valence-corrected chi connectivity index (χ1v) is 4.96. The second-order valence-corrected chi connectivity index (χ2v) is 3.22. The maximum Gasteiger partial charge on any atom is 0.303 e. The zero-order valence-electron chi connectivity index (χ0n) is 8.77. The van der Waals surface area contributed by atoms with E-state index in [4.69, 9.17) is 5.11 Å². The summed E-state index contributed by atoms with van der Waals surface area (Å²) in [5, 5.41) is 8.60.